The number of nitrogens with one attached hydrogen (secondary N) is 2. The molecule has 0 atom stereocenters. The van der Waals surface area contributed by atoms with E-state index in [4.69, 9.17) is 4.74 Å². The van der Waals surface area contributed by atoms with E-state index in [1.165, 1.54) is 10.5 Å². The summed E-state index contributed by atoms with van der Waals surface area (Å²) < 4.78 is 5.13. The Hall–Kier alpha value is -2.24. The molecule has 1 aromatic rings. The van der Waals surface area contributed by atoms with Crippen LogP contribution >= 0.6 is 0 Å². The molecule has 0 saturated heterocycles. The van der Waals surface area contributed by atoms with Crippen LogP contribution in [-0.2, 0) is 11.3 Å². The highest BCUT2D eigenvalue weighted by molar-refractivity contribution is 5.73. The molecule has 22 heavy (non-hydrogen) atoms. The minimum atomic E-state index is -0.488. The Morgan fingerprint density at radius 3 is 2.41 bits per heavy atom. The number of alkyl carbamates (subject to hydrolysis) is 1. The van der Waals surface area contributed by atoms with Crippen LogP contribution < -0.4 is 10.6 Å². The predicted octanol–water partition coefficient (Wildman–Crippen LogP) is 2.31. The lowest BCUT2D eigenvalue weighted by Crippen LogP contribution is -2.40. The van der Waals surface area contributed by atoms with Gasteiger partial charge in [0.2, 0.25) is 0 Å². The third kappa shape index (κ3) is 6.03. The second kappa shape index (κ2) is 8.92. The van der Waals surface area contributed by atoms with Crippen molar-refractivity contribution in [1.29, 1.82) is 0 Å². The van der Waals surface area contributed by atoms with Gasteiger partial charge in [-0.1, -0.05) is 38.1 Å². The molecule has 0 unspecified atom stereocenters. The van der Waals surface area contributed by atoms with Crippen molar-refractivity contribution < 1.29 is 14.3 Å². The lowest BCUT2D eigenvalue weighted by molar-refractivity contribution is 0.138. The molecule has 1 rings (SSSR count). The quantitative estimate of drug-likeness (QED) is 0.847. The summed E-state index contributed by atoms with van der Waals surface area (Å²) in [6.07, 6.45) is -0.488. The number of nitrogens with zero attached hydrogens (tertiary/aromatic N) is 1. The molecule has 0 spiro atoms. The number of amides is 3. The zero-order chi connectivity index (χ0) is 16.5. The molecule has 0 fully saturated rings. The Bertz CT molecular complexity index is 486. The van der Waals surface area contributed by atoms with Gasteiger partial charge in [0.25, 0.3) is 0 Å². The Kier molecular flexibility index (Phi) is 7.22. The molecule has 1 aromatic carbocycles. The zero-order valence-corrected chi connectivity index (χ0v) is 13.7. The maximum absolute atomic E-state index is 11.6. The molecule has 6 nitrogen and oxygen atoms in total. The van der Waals surface area contributed by atoms with E-state index in [9.17, 15) is 9.59 Å². The normalized spacial score (nSPS) is 10.2. The number of likely N-dealkylation sites (N-methyl/N-ethyl adjacent to an activating group) is 1. The number of carbonyl (C=O) groups excluding carboxylic acids is 2. The van der Waals surface area contributed by atoms with Crippen LogP contribution in [0, 0.1) is 0 Å². The van der Waals surface area contributed by atoms with E-state index in [1.807, 2.05) is 24.3 Å². The summed E-state index contributed by atoms with van der Waals surface area (Å²) >= 11 is 0. The first kappa shape index (κ1) is 17.8. The van der Waals surface area contributed by atoms with Crippen molar-refractivity contribution >= 4 is 12.1 Å². The topological polar surface area (TPSA) is 70.7 Å². The first-order valence-corrected chi connectivity index (χ1v) is 7.36. The maximum atomic E-state index is 11.6. The Morgan fingerprint density at radius 2 is 1.86 bits per heavy atom. The highest BCUT2D eigenvalue weighted by Crippen LogP contribution is 2.15. The van der Waals surface area contributed by atoms with Crippen molar-refractivity contribution in [2.45, 2.75) is 26.4 Å². The van der Waals surface area contributed by atoms with Gasteiger partial charge < -0.3 is 20.3 Å². The Labute approximate surface area is 131 Å². The van der Waals surface area contributed by atoms with E-state index in [0.717, 1.165) is 5.56 Å². The SMILES string of the molecule is CNC(=O)N(C)CCNC(=O)OCc1ccc(C(C)C)cc1. The van der Waals surface area contributed by atoms with Crippen molar-refractivity contribution in [3.63, 3.8) is 0 Å². The van der Waals surface area contributed by atoms with Crippen molar-refractivity contribution in [1.82, 2.24) is 15.5 Å². The van der Waals surface area contributed by atoms with E-state index < -0.39 is 6.09 Å². The van der Waals surface area contributed by atoms with Gasteiger partial charge >= 0.3 is 12.1 Å². The van der Waals surface area contributed by atoms with E-state index in [-0.39, 0.29) is 12.6 Å². The molecule has 0 saturated carbocycles. The molecule has 3 amide bonds. The minimum Gasteiger partial charge on any atom is -0.445 e. The third-order valence-electron chi connectivity index (χ3n) is 3.29. The summed E-state index contributed by atoms with van der Waals surface area (Å²) in [7, 11) is 3.22. The molecule has 0 radical (unpaired) electrons. The number of carbonyl (C=O) groups is 2. The largest absolute Gasteiger partial charge is 0.445 e. The van der Waals surface area contributed by atoms with Crippen molar-refractivity contribution in [3.8, 4) is 0 Å². The average molecular weight is 307 g/mol. The van der Waals surface area contributed by atoms with Crippen molar-refractivity contribution in [2.24, 2.45) is 0 Å². The third-order valence-corrected chi connectivity index (χ3v) is 3.29. The van der Waals surface area contributed by atoms with Gasteiger partial charge in [0, 0.05) is 27.2 Å². The lowest BCUT2D eigenvalue weighted by Gasteiger charge is -2.16. The summed E-state index contributed by atoms with van der Waals surface area (Å²) in [5, 5.41) is 5.11. The van der Waals surface area contributed by atoms with Gasteiger partial charge in [0.1, 0.15) is 6.61 Å². The van der Waals surface area contributed by atoms with Crippen LogP contribution in [0.15, 0.2) is 24.3 Å². The summed E-state index contributed by atoms with van der Waals surface area (Å²) in [5.74, 6) is 0.482. The molecular weight excluding hydrogens is 282 g/mol. The van der Waals surface area contributed by atoms with Gasteiger partial charge in [-0.25, -0.2) is 9.59 Å². The summed E-state index contributed by atoms with van der Waals surface area (Å²) in [6, 6.07) is 7.81. The number of benzene rings is 1. The summed E-state index contributed by atoms with van der Waals surface area (Å²) in [5.41, 5.74) is 2.20. The van der Waals surface area contributed by atoms with Crippen molar-refractivity contribution in [3.05, 3.63) is 35.4 Å². The average Bonchev–Trinajstić information content (AvgIpc) is 2.52. The summed E-state index contributed by atoms with van der Waals surface area (Å²) in [4.78, 5) is 24.3. The second-order valence-electron chi connectivity index (χ2n) is 5.38. The fourth-order valence-electron chi connectivity index (χ4n) is 1.82. The second-order valence-corrected chi connectivity index (χ2v) is 5.38. The van der Waals surface area contributed by atoms with Gasteiger partial charge in [-0.15, -0.1) is 0 Å². The van der Waals surface area contributed by atoms with Crippen LogP contribution in [0.4, 0.5) is 9.59 Å². The fraction of sp³-hybridized carbons (Fsp3) is 0.500. The summed E-state index contributed by atoms with van der Waals surface area (Å²) in [6.45, 7) is 5.26. The number of ether oxygens (including phenoxy) is 1. The molecule has 2 N–H and O–H groups in total. The number of urea groups is 1. The number of hydrogen-bond donors (Lipinski definition) is 2. The van der Waals surface area contributed by atoms with Crippen LogP contribution in [0.5, 0.6) is 0 Å². The highest BCUT2D eigenvalue weighted by atomic mass is 16.5. The van der Waals surface area contributed by atoms with E-state index in [0.29, 0.717) is 19.0 Å². The minimum absolute atomic E-state index is 0.194. The van der Waals surface area contributed by atoms with Crippen LogP contribution in [0.3, 0.4) is 0 Å². The van der Waals surface area contributed by atoms with Gasteiger partial charge in [0.05, 0.1) is 0 Å². The van der Waals surface area contributed by atoms with Crippen molar-refractivity contribution in [2.75, 3.05) is 27.2 Å². The van der Waals surface area contributed by atoms with Crippen LogP contribution in [0.25, 0.3) is 0 Å². The molecule has 6 heteroatoms. The molecule has 0 bridgehead atoms. The van der Waals surface area contributed by atoms with Gasteiger partial charge in [-0.05, 0) is 17.0 Å². The van der Waals surface area contributed by atoms with Gasteiger partial charge in [0.15, 0.2) is 0 Å². The lowest BCUT2D eigenvalue weighted by atomic mass is 10.0. The number of rotatable bonds is 6. The first-order chi connectivity index (χ1) is 10.4. The van der Waals surface area contributed by atoms with E-state index in [1.54, 1.807) is 14.1 Å². The van der Waals surface area contributed by atoms with Gasteiger partial charge in [-0.3, -0.25) is 0 Å². The van der Waals surface area contributed by atoms with Crippen LogP contribution in [0.1, 0.15) is 30.9 Å². The molecule has 0 heterocycles. The molecule has 0 aromatic heterocycles. The number of hydrogen-bond acceptors (Lipinski definition) is 3. The molecule has 122 valence electrons. The fourth-order valence-corrected chi connectivity index (χ4v) is 1.82. The standard InChI is InChI=1S/C16H25N3O3/c1-12(2)14-7-5-13(6-8-14)11-22-16(21)18-9-10-19(4)15(20)17-3/h5-8,12H,9-11H2,1-4H3,(H,17,20)(H,18,21). The van der Waals surface area contributed by atoms with Crippen LogP contribution in [0.2, 0.25) is 0 Å². The van der Waals surface area contributed by atoms with Crippen LogP contribution in [-0.4, -0.2) is 44.2 Å². The predicted molar refractivity (Wildman–Crippen MR) is 85.8 cm³/mol. The van der Waals surface area contributed by atoms with E-state index in [2.05, 4.69) is 24.5 Å². The molecular formula is C16H25N3O3. The van der Waals surface area contributed by atoms with E-state index >= 15 is 0 Å². The highest BCUT2D eigenvalue weighted by Gasteiger charge is 2.07. The maximum Gasteiger partial charge on any atom is 0.407 e. The Morgan fingerprint density at radius 1 is 1.23 bits per heavy atom. The first-order valence-electron chi connectivity index (χ1n) is 7.36. The molecule has 0 aliphatic heterocycles. The molecule has 0 aliphatic carbocycles. The van der Waals surface area contributed by atoms with Gasteiger partial charge in [-0.2, -0.15) is 0 Å². The zero-order valence-electron chi connectivity index (χ0n) is 13.7. The monoisotopic (exact) mass is 307 g/mol. The Balaban J connectivity index is 2.27. The molecule has 0 aliphatic rings. The smallest absolute Gasteiger partial charge is 0.407 e.